The number of para-hydroxylation sites is 3. The lowest BCUT2D eigenvalue weighted by Crippen LogP contribution is -2.59. The van der Waals surface area contributed by atoms with Crippen LogP contribution in [0.2, 0.25) is 0 Å². The lowest BCUT2D eigenvalue weighted by molar-refractivity contribution is -0.143. The quantitative estimate of drug-likeness (QED) is 0.622. The van der Waals surface area contributed by atoms with Gasteiger partial charge in [0.1, 0.15) is 11.3 Å². The van der Waals surface area contributed by atoms with Gasteiger partial charge in [0.2, 0.25) is 5.91 Å². The zero-order valence-corrected chi connectivity index (χ0v) is 16.5. The van der Waals surface area contributed by atoms with E-state index in [9.17, 15) is 14.4 Å². The Morgan fingerprint density at radius 1 is 1.10 bits per heavy atom. The van der Waals surface area contributed by atoms with E-state index in [1.54, 1.807) is 56.3 Å². The molecule has 7 heteroatoms. The predicted molar refractivity (Wildman–Crippen MR) is 110 cm³/mol. The summed E-state index contributed by atoms with van der Waals surface area (Å²) < 4.78 is 10.3. The number of hydrogen-bond donors (Lipinski definition) is 1. The number of hydrogen-bond acceptors (Lipinski definition) is 5. The van der Waals surface area contributed by atoms with E-state index in [4.69, 9.17) is 9.47 Å². The van der Waals surface area contributed by atoms with Crippen molar-refractivity contribution in [2.24, 2.45) is 0 Å². The van der Waals surface area contributed by atoms with Gasteiger partial charge in [-0.3, -0.25) is 14.5 Å². The first-order chi connectivity index (χ1) is 13.8. The maximum Gasteiger partial charge on any atom is 0.331 e. The molecule has 0 aromatic heterocycles. The Kier molecular flexibility index (Phi) is 5.68. The number of methoxy groups -OCH3 is 1. The third-order valence-electron chi connectivity index (χ3n) is 4.63. The summed E-state index contributed by atoms with van der Waals surface area (Å²) in [6.07, 6.45) is 2.78. The fraction of sp³-hybridized carbons (Fsp3) is 0.227. The monoisotopic (exact) mass is 394 g/mol. The van der Waals surface area contributed by atoms with Gasteiger partial charge < -0.3 is 14.8 Å². The Morgan fingerprint density at radius 2 is 1.79 bits per heavy atom. The van der Waals surface area contributed by atoms with Gasteiger partial charge in [0.25, 0.3) is 5.91 Å². The molecule has 150 valence electrons. The molecule has 1 heterocycles. The molecular weight excluding hydrogens is 372 g/mol. The Morgan fingerprint density at radius 3 is 2.55 bits per heavy atom. The minimum atomic E-state index is -1.12. The van der Waals surface area contributed by atoms with Crippen LogP contribution in [0, 0.1) is 0 Å². The Hall–Kier alpha value is -3.61. The second-order valence-electron chi connectivity index (χ2n) is 6.94. The van der Waals surface area contributed by atoms with Gasteiger partial charge in [-0.15, -0.1) is 0 Å². The van der Waals surface area contributed by atoms with Crippen molar-refractivity contribution in [3.63, 3.8) is 0 Å². The largest absolute Gasteiger partial charge is 0.496 e. The average molecular weight is 394 g/mol. The molecule has 1 aliphatic heterocycles. The van der Waals surface area contributed by atoms with Crippen LogP contribution in [0.5, 0.6) is 5.75 Å². The number of anilines is 2. The summed E-state index contributed by atoms with van der Waals surface area (Å²) in [7, 11) is 1.54. The predicted octanol–water partition coefficient (Wildman–Crippen LogP) is 3.02. The van der Waals surface area contributed by atoms with E-state index in [1.165, 1.54) is 18.1 Å². The summed E-state index contributed by atoms with van der Waals surface area (Å²) >= 11 is 0. The number of carbonyl (C=O) groups excluding carboxylic acids is 3. The molecule has 0 bridgehead atoms. The number of esters is 1. The summed E-state index contributed by atoms with van der Waals surface area (Å²) in [5, 5.41) is 2.79. The number of nitrogens with one attached hydrogen (secondary N) is 1. The van der Waals surface area contributed by atoms with E-state index in [2.05, 4.69) is 5.32 Å². The van der Waals surface area contributed by atoms with Crippen LogP contribution in [-0.2, 0) is 19.1 Å². The molecule has 29 heavy (non-hydrogen) atoms. The van der Waals surface area contributed by atoms with Crippen molar-refractivity contribution in [1.29, 1.82) is 0 Å². The normalized spacial score (nSPS) is 14.9. The Bertz CT molecular complexity index is 981. The van der Waals surface area contributed by atoms with Crippen LogP contribution >= 0.6 is 0 Å². The summed E-state index contributed by atoms with van der Waals surface area (Å²) in [5.41, 5.74) is 0.682. The molecule has 0 atom stereocenters. The zero-order valence-electron chi connectivity index (χ0n) is 16.5. The van der Waals surface area contributed by atoms with Crippen molar-refractivity contribution < 1.29 is 23.9 Å². The minimum absolute atomic E-state index is 0.313. The molecule has 0 aliphatic carbocycles. The van der Waals surface area contributed by atoms with Gasteiger partial charge in [-0.1, -0.05) is 30.3 Å². The topological polar surface area (TPSA) is 84.9 Å². The average Bonchev–Trinajstić information content (AvgIpc) is 2.71. The van der Waals surface area contributed by atoms with Crippen molar-refractivity contribution >= 4 is 35.2 Å². The summed E-state index contributed by atoms with van der Waals surface area (Å²) in [6, 6.07) is 14.2. The molecule has 2 amide bonds. The van der Waals surface area contributed by atoms with Crippen LogP contribution < -0.4 is 15.0 Å². The summed E-state index contributed by atoms with van der Waals surface area (Å²) in [5.74, 6) is -0.856. The molecular formula is C22H22N2O5. The summed E-state index contributed by atoms with van der Waals surface area (Å²) in [4.78, 5) is 38.7. The molecule has 3 rings (SSSR count). The van der Waals surface area contributed by atoms with E-state index in [-0.39, 0.29) is 5.91 Å². The van der Waals surface area contributed by atoms with Crippen molar-refractivity contribution in [3.05, 3.63) is 60.2 Å². The van der Waals surface area contributed by atoms with Gasteiger partial charge in [0.15, 0.2) is 6.61 Å². The van der Waals surface area contributed by atoms with E-state index in [0.717, 1.165) is 0 Å². The summed E-state index contributed by atoms with van der Waals surface area (Å²) in [6.45, 7) is 2.79. The van der Waals surface area contributed by atoms with Crippen LogP contribution in [0.1, 0.15) is 19.4 Å². The Labute approximate surface area is 168 Å². The van der Waals surface area contributed by atoms with Crippen molar-refractivity contribution in [2.75, 3.05) is 23.9 Å². The van der Waals surface area contributed by atoms with Gasteiger partial charge in [-0.25, -0.2) is 4.79 Å². The fourth-order valence-electron chi connectivity index (χ4n) is 3.11. The number of benzene rings is 2. The highest BCUT2D eigenvalue weighted by molar-refractivity contribution is 6.14. The molecule has 1 aliphatic rings. The first-order valence-electron chi connectivity index (χ1n) is 9.06. The van der Waals surface area contributed by atoms with Gasteiger partial charge in [-0.05, 0) is 38.1 Å². The number of carbonyl (C=O) groups is 3. The highest BCUT2D eigenvalue weighted by Gasteiger charge is 2.43. The molecule has 0 radical (unpaired) electrons. The van der Waals surface area contributed by atoms with Crippen LogP contribution in [0.15, 0.2) is 54.6 Å². The van der Waals surface area contributed by atoms with Crippen LogP contribution in [-0.4, -0.2) is 37.0 Å². The molecule has 2 aromatic carbocycles. The second kappa shape index (κ2) is 8.18. The van der Waals surface area contributed by atoms with E-state index in [1.807, 2.05) is 12.1 Å². The molecule has 1 N–H and O–H groups in total. The van der Waals surface area contributed by atoms with E-state index in [0.29, 0.717) is 22.7 Å². The number of ether oxygens (including phenoxy) is 2. The molecule has 0 saturated carbocycles. The molecule has 0 unspecified atom stereocenters. The third kappa shape index (κ3) is 4.13. The SMILES string of the molecule is COc1ccccc1/C=C/C(=O)OCC(=O)N1c2ccccc2NC(=O)C1(C)C. The minimum Gasteiger partial charge on any atom is -0.496 e. The lowest BCUT2D eigenvalue weighted by atomic mass is 9.96. The van der Waals surface area contributed by atoms with Gasteiger partial charge in [0.05, 0.1) is 18.5 Å². The van der Waals surface area contributed by atoms with Crippen molar-refractivity contribution in [3.8, 4) is 5.75 Å². The van der Waals surface area contributed by atoms with Crippen LogP contribution in [0.4, 0.5) is 11.4 Å². The Balaban J connectivity index is 1.71. The molecule has 0 fully saturated rings. The molecule has 0 saturated heterocycles. The fourth-order valence-corrected chi connectivity index (χ4v) is 3.11. The third-order valence-corrected chi connectivity index (χ3v) is 4.63. The maximum atomic E-state index is 12.8. The van der Waals surface area contributed by atoms with E-state index < -0.39 is 24.0 Å². The first kappa shape index (κ1) is 20.1. The van der Waals surface area contributed by atoms with E-state index >= 15 is 0 Å². The highest BCUT2D eigenvalue weighted by atomic mass is 16.5. The molecule has 7 nitrogen and oxygen atoms in total. The van der Waals surface area contributed by atoms with Crippen LogP contribution in [0.25, 0.3) is 6.08 Å². The highest BCUT2D eigenvalue weighted by Crippen LogP contribution is 2.36. The van der Waals surface area contributed by atoms with Crippen molar-refractivity contribution in [2.45, 2.75) is 19.4 Å². The standard InChI is InChI=1S/C22H22N2O5/c1-22(2)21(27)23-16-9-5-6-10-17(16)24(22)19(25)14-29-20(26)13-12-15-8-4-7-11-18(15)28-3/h4-13H,14H2,1-3H3,(H,23,27)/b13-12+. The smallest absolute Gasteiger partial charge is 0.331 e. The van der Waals surface area contributed by atoms with Gasteiger partial charge >= 0.3 is 5.97 Å². The van der Waals surface area contributed by atoms with Gasteiger partial charge in [0, 0.05) is 11.6 Å². The molecule has 0 spiro atoms. The second-order valence-corrected chi connectivity index (χ2v) is 6.94. The number of rotatable bonds is 5. The maximum absolute atomic E-state index is 12.8. The van der Waals surface area contributed by atoms with Crippen molar-refractivity contribution in [1.82, 2.24) is 0 Å². The number of amides is 2. The number of fused-ring (bicyclic) bond motifs is 1. The zero-order chi connectivity index (χ0) is 21.0. The van der Waals surface area contributed by atoms with Gasteiger partial charge in [-0.2, -0.15) is 0 Å². The molecule has 2 aromatic rings. The first-order valence-corrected chi connectivity index (χ1v) is 9.06. The lowest BCUT2D eigenvalue weighted by Gasteiger charge is -2.41. The number of nitrogens with zero attached hydrogens (tertiary/aromatic N) is 1. The van der Waals surface area contributed by atoms with Crippen LogP contribution in [0.3, 0.4) is 0 Å².